The summed E-state index contributed by atoms with van der Waals surface area (Å²) in [6.07, 6.45) is 5.02. The summed E-state index contributed by atoms with van der Waals surface area (Å²) in [7, 11) is 0. The van der Waals surface area contributed by atoms with Gasteiger partial charge in [0.25, 0.3) is 0 Å². The summed E-state index contributed by atoms with van der Waals surface area (Å²) >= 11 is 2.46. The van der Waals surface area contributed by atoms with E-state index in [0.29, 0.717) is 6.04 Å². The van der Waals surface area contributed by atoms with Gasteiger partial charge in [-0.2, -0.15) is 0 Å². The summed E-state index contributed by atoms with van der Waals surface area (Å²) in [5.41, 5.74) is 1.47. The van der Waals surface area contributed by atoms with Crippen LogP contribution in [0.1, 0.15) is 58.1 Å². The summed E-state index contributed by atoms with van der Waals surface area (Å²) < 4.78 is 1.38. The van der Waals surface area contributed by atoms with Crippen molar-refractivity contribution < 1.29 is 0 Å². The Morgan fingerprint density at radius 2 is 1.78 bits per heavy atom. The first-order valence-corrected chi connectivity index (χ1v) is 8.28. The normalized spacial score (nSPS) is 12.9. The van der Waals surface area contributed by atoms with Gasteiger partial charge in [0.05, 0.1) is 0 Å². The smallest absolute Gasteiger partial charge is 0.0333 e. The third kappa shape index (κ3) is 4.88. The molecule has 0 fully saturated rings. The molecule has 1 nitrogen and oxygen atoms in total. The third-order valence-corrected chi connectivity index (χ3v) is 4.63. The van der Waals surface area contributed by atoms with E-state index < -0.39 is 0 Å². The lowest BCUT2D eigenvalue weighted by molar-refractivity contribution is 0.370. The first kappa shape index (κ1) is 16.0. The molecule has 2 heteroatoms. The van der Waals surface area contributed by atoms with Crippen molar-refractivity contribution in [3.05, 3.63) is 33.4 Å². The molecule has 0 amide bonds. The second-order valence-corrected chi connectivity index (χ2v) is 6.11. The first-order valence-electron chi connectivity index (χ1n) is 7.20. The van der Waals surface area contributed by atoms with Crippen LogP contribution in [0.15, 0.2) is 24.3 Å². The number of benzene rings is 1. The van der Waals surface area contributed by atoms with E-state index in [9.17, 15) is 0 Å². The molecule has 0 aromatic heterocycles. The van der Waals surface area contributed by atoms with E-state index in [1.807, 2.05) is 0 Å². The maximum Gasteiger partial charge on any atom is 0.0333 e. The lowest BCUT2D eigenvalue weighted by Crippen LogP contribution is -2.25. The van der Waals surface area contributed by atoms with Crippen molar-refractivity contribution in [3.63, 3.8) is 0 Å². The van der Waals surface area contributed by atoms with E-state index in [2.05, 4.69) is 72.9 Å². The van der Waals surface area contributed by atoms with Crippen LogP contribution in [0.5, 0.6) is 0 Å². The van der Waals surface area contributed by atoms with Crippen LogP contribution >= 0.6 is 22.6 Å². The zero-order chi connectivity index (χ0) is 13.4. The Morgan fingerprint density at radius 3 is 2.33 bits per heavy atom. The van der Waals surface area contributed by atoms with Gasteiger partial charge in [-0.3, -0.25) is 0 Å². The molecule has 0 saturated heterocycles. The molecule has 0 radical (unpaired) electrons. The molecule has 1 aromatic rings. The lowest BCUT2D eigenvalue weighted by Gasteiger charge is -2.24. The second-order valence-electron chi connectivity index (χ2n) is 4.95. The van der Waals surface area contributed by atoms with Gasteiger partial charge in [-0.05, 0) is 59.5 Å². The van der Waals surface area contributed by atoms with Gasteiger partial charge in [-0.1, -0.05) is 51.8 Å². The van der Waals surface area contributed by atoms with Gasteiger partial charge >= 0.3 is 0 Å². The molecule has 1 N–H and O–H groups in total. The topological polar surface area (TPSA) is 12.0 Å². The molecular weight excluding hydrogens is 333 g/mol. The van der Waals surface area contributed by atoms with E-state index in [-0.39, 0.29) is 0 Å². The van der Waals surface area contributed by atoms with Crippen molar-refractivity contribution in [2.24, 2.45) is 5.92 Å². The standard InChI is InChI=1S/C16H26IN/c1-4-11-18-16(12-13(5-2)6-3)14-9-7-8-10-15(14)17/h7-10,13,16,18H,4-6,11-12H2,1-3H3. The Labute approximate surface area is 126 Å². The highest BCUT2D eigenvalue weighted by molar-refractivity contribution is 14.1. The minimum atomic E-state index is 0.517. The highest BCUT2D eigenvalue weighted by atomic mass is 127. The lowest BCUT2D eigenvalue weighted by atomic mass is 9.91. The number of hydrogen-bond acceptors (Lipinski definition) is 1. The molecule has 0 bridgehead atoms. The van der Waals surface area contributed by atoms with Gasteiger partial charge in [-0.25, -0.2) is 0 Å². The predicted molar refractivity (Wildman–Crippen MR) is 88.9 cm³/mol. The van der Waals surface area contributed by atoms with Crippen molar-refractivity contribution in [1.82, 2.24) is 5.32 Å². The molecule has 0 saturated carbocycles. The number of rotatable bonds is 8. The summed E-state index contributed by atoms with van der Waals surface area (Å²) in [5, 5.41) is 3.72. The van der Waals surface area contributed by atoms with Crippen molar-refractivity contribution in [3.8, 4) is 0 Å². The third-order valence-electron chi connectivity index (χ3n) is 3.65. The monoisotopic (exact) mass is 359 g/mol. The van der Waals surface area contributed by atoms with Gasteiger partial charge in [-0.15, -0.1) is 0 Å². The SMILES string of the molecule is CCCNC(CC(CC)CC)c1ccccc1I. The molecule has 18 heavy (non-hydrogen) atoms. The molecule has 1 aromatic carbocycles. The van der Waals surface area contributed by atoms with Gasteiger partial charge in [0.2, 0.25) is 0 Å². The first-order chi connectivity index (χ1) is 8.72. The summed E-state index contributed by atoms with van der Waals surface area (Å²) in [6.45, 7) is 7.95. The molecular formula is C16H26IN. The Kier molecular flexibility index (Phi) is 7.91. The van der Waals surface area contributed by atoms with E-state index >= 15 is 0 Å². The van der Waals surface area contributed by atoms with E-state index in [4.69, 9.17) is 0 Å². The summed E-state index contributed by atoms with van der Waals surface area (Å²) in [4.78, 5) is 0. The Bertz CT molecular complexity index is 334. The van der Waals surface area contributed by atoms with Crippen LogP contribution in [-0.2, 0) is 0 Å². The van der Waals surface area contributed by atoms with E-state index in [1.165, 1.54) is 34.8 Å². The molecule has 1 atom stereocenters. The molecule has 0 spiro atoms. The Hall–Kier alpha value is -0.0900. The van der Waals surface area contributed by atoms with Crippen LogP contribution in [0, 0.1) is 9.49 Å². The molecule has 0 aliphatic rings. The van der Waals surface area contributed by atoms with Crippen molar-refractivity contribution in [1.29, 1.82) is 0 Å². The summed E-state index contributed by atoms with van der Waals surface area (Å²) in [6, 6.07) is 9.29. The molecule has 1 rings (SSSR count). The largest absolute Gasteiger partial charge is 0.310 e. The van der Waals surface area contributed by atoms with Crippen molar-refractivity contribution in [2.45, 2.75) is 52.5 Å². The fraction of sp³-hybridized carbons (Fsp3) is 0.625. The Morgan fingerprint density at radius 1 is 1.11 bits per heavy atom. The van der Waals surface area contributed by atoms with Crippen LogP contribution in [0.4, 0.5) is 0 Å². The predicted octanol–water partition coefficient (Wildman–Crippen LogP) is 5.16. The summed E-state index contributed by atoms with van der Waals surface area (Å²) in [5.74, 6) is 0.829. The van der Waals surface area contributed by atoms with Crippen LogP contribution < -0.4 is 5.32 Å². The zero-order valence-electron chi connectivity index (χ0n) is 11.9. The van der Waals surface area contributed by atoms with Gasteiger partial charge in [0, 0.05) is 9.61 Å². The van der Waals surface area contributed by atoms with Gasteiger partial charge in [0.1, 0.15) is 0 Å². The van der Waals surface area contributed by atoms with Crippen LogP contribution in [0.3, 0.4) is 0 Å². The van der Waals surface area contributed by atoms with E-state index in [0.717, 1.165) is 12.5 Å². The fourth-order valence-corrected chi connectivity index (χ4v) is 3.12. The van der Waals surface area contributed by atoms with Crippen LogP contribution in [0.25, 0.3) is 0 Å². The molecule has 1 unspecified atom stereocenters. The van der Waals surface area contributed by atoms with Crippen molar-refractivity contribution in [2.75, 3.05) is 6.54 Å². The minimum Gasteiger partial charge on any atom is -0.310 e. The maximum atomic E-state index is 3.72. The molecule has 0 aliphatic carbocycles. The number of hydrogen-bond donors (Lipinski definition) is 1. The second kappa shape index (κ2) is 8.92. The average Bonchev–Trinajstić information content (AvgIpc) is 2.40. The molecule has 0 aliphatic heterocycles. The number of nitrogens with one attached hydrogen (secondary N) is 1. The fourth-order valence-electron chi connectivity index (χ4n) is 2.35. The molecule has 0 heterocycles. The maximum absolute atomic E-state index is 3.72. The highest BCUT2D eigenvalue weighted by Gasteiger charge is 2.17. The van der Waals surface area contributed by atoms with Gasteiger partial charge in [0.15, 0.2) is 0 Å². The minimum absolute atomic E-state index is 0.517. The van der Waals surface area contributed by atoms with Crippen LogP contribution in [0.2, 0.25) is 0 Å². The average molecular weight is 359 g/mol. The number of halogens is 1. The van der Waals surface area contributed by atoms with Crippen LogP contribution in [-0.4, -0.2) is 6.54 Å². The van der Waals surface area contributed by atoms with Gasteiger partial charge < -0.3 is 5.32 Å². The van der Waals surface area contributed by atoms with Crippen molar-refractivity contribution >= 4 is 22.6 Å². The highest BCUT2D eigenvalue weighted by Crippen LogP contribution is 2.28. The van der Waals surface area contributed by atoms with E-state index in [1.54, 1.807) is 0 Å². The Balaban J connectivity index is 2.80. The quantitative estimate of drug-likeness (QED) is 0.633. The zero-order valence-corrected chi connectivity index (χ0v) is 14.0. The molecule has 102 valence electrons.